The lowest BCUT2D eigenvalue weighted by molar-refractivity contribution is -0.138. The molecule has 1 heterocycles. The van der Waals surface area contributed by atoms with Gasteiger partial charge in [-0.2, -0.15) is 13.2 Å². The minimum atomic E-state index is -4.34. The van der Waals surface area contributed by atoms with E-state index < -0.39 is 11.7 Å². The molecule has 0 saturated carbocycles. The Morgan fingerprint density at radius 2 is 1.95 bits per heavy atom. The predicted octanol–water partition coefficient (Wildman–Crippen LogP) is 3.29. The van der Waals surface area contributed by atoms with Crippen molar-refractivity contribution < 1.29 is 17.6 Å². The molecule has 2 rings (SSSR count). The first kappa shape index (κ1) is 13.6. The van der Waals surface area contributed by atoms with Gasteiger partial charge >= 0.3 is 6.18 Å². The molecule has 0 radical (unpaired) electrons. The molecule has 0 amide bonds. The molecule has 1 aromatic carbocycles. The van der Waals surface area contributed by atoms with Crippen LogP contribution in [0.25, 0.3) is 0 Å². The van der Waals surface area contributed by atoms with Crippen LogP contribution in [0.1, 0.15) is 22.8 Å². The lowest BCUT2D eigenvalue weighted by atomic mass is 10.1. The Morgan fingerprint density at radius 1 is 1.21 bits per heavy atom. The zero-order valence-corrected chi connectivity index (χ0v) is 10.3. The van der Waals surface area contributed by atoms with E-state index in [4.69, 9.17) is 4.42 Å². The second kappa shape index (κ2) is 5.44. The van der Waals surface area contributed by atoms with E-state index in [9.17, 15) is 13.2 Å². The molecule has 0 saturated heterocycles. The van der Waals surface area contributed by atoms with Crippen LogP contribution in [0.2, 0.25) is 0 Å². The molecule has 0 aliphatic heterocycles. The smallest absolute Gasteiger partial charge is 0.416 e. The average molecular weight is 270 g/mol. The quantitative estimate of drug-likeness (QED) is 0.926. The van der Waals surface area contributed by atoms with Crippen LogP contribution in [0.5, 0.6) is 0 Å². The molecule has 102 valence electrons. The normalized spacial score (nSPS) is 11.8. The molecule has 0 aliphatic rings. The lowest BCUT2D eigenvalue weighted by Gasteiger charge is -2.12. The zero-order chi connectivity index (χ0) is 13.9. The highest BCUT2D eigenvalue weighted by Gasteiger charge is 2.32. The van der Waals surface area contributed by atoms with Crippen molar-refractivity contribution in [1.82, 2.24) is 10.3 Å². The van der Waals surface area contributed by atoms with E-state index in [1.807, 2.05) is 0 Å². The van der Waals surface area contributed by atoms with Crippen LogP contribution in [-0.2, 0) is 19.3 Å². The van der Waals surface area contributed by atoms with E-state index in [-0.39, 0.29) is 12.1 Å². The third kappa shape index (κ3) is 3.57. The summed E-state index contributed by atoms with van der Waals surface area (Å²) in [6, 6.07) is 5.49. The third-order valence-corrected chi connectivity index (χ3v) is 2.58. The fourth-order valence-electron chi connectivity index (χ4n) is 1.74. The fraction of sp³-hybridized carbons (Fsp3) is 0.308. The first-order valence-electron chi connectivity index (χ1n) is 5.74. The van der Waals surface area contributed by atoms with Crippen molar-refractivity contribution in [3.8, 4) is 0 Å². The molecule has 0 fully saturated rings. The van der Waals surface area contributed by atoms with Crippen molar-refractivity contribution in [2.75, 3.05) is 0 Å². The number of oxazole rings is 1. The molecule has 0 aliphatic carbocycles. The van der Waals surface area contributed by atoms with Gasteiger partial charge in [-0.3, -0.25) is 0 Å². The molecule has 2 aromatic rings. The Labute approximate surface area is 108 Å². The van der Waals surface area contributed by atoms with Gasteiger partial charge in [-0.15, -0.1) is 0 Å². The maximum absolute atomic E-state index is 12.7. The molecule has 0 atom stereocenters. The molecular formula is C13H13F3N2O. The van der Waals surface area contributed by atoms with Crippen molar-refractivity contribution in [2.24, 2.45) is 0 Å². The maximum atomic E-state index is 12.7. The Kier molecular flexibility index (Phi) is 3.90. The summed E-state index contributed by atoms with van der Waals surface area (Å²) in [5, 5.41) is 2.89. The zero-order valence-electron chi connectivity index (χ0n) is 10.3. The summed E-state index contributed by atoms with van der Waals surface area (Å²) in [7, 11) is 0. The monoisotopic (exact) mass is 270 g/mol. The van der Waals surface area contributed by atoms with Gasteiger partial charge in [0.05, 0.1) is 18.3 Å². The first-order chi connectivity index (χ1) is 8.97. The Hall–Kier alpha value is -1.82. The lowest BCUT2D eigenvalue weighted by Crippen LogP contribution is -2.17. The van der Waals surface area contributed by atoms with E-state index >= 15 is 0 Å². The molecule has 0 unspecified atom stereocenters. The molecular weight excluding hydrogens is 257 g/mol. The van der Waals surface area contributed by atoms with Crippen molar-refractivity contribution in [1.29, 1.82) is 0 Å². The molecule has 1 aromatic heterocycles. The summed E-state index contributed by atoms with van der Waals surface area (Å²) in [6.45, 7) is 2.16. The van der Waals surface area contributed by atoms with Gasteiger partial charge in [0.1, 0.15) is 5.76 Å². The Morgan fingerprint density at radius 3 is 2.58 bits per heavy atom. The Balaban J connectivity index is 2.00. The van der Waals surface area contributed by atoms with Crippen LogP contribution < -0.4 is 5.32 Å². The van der Waals surface area contributed by atoms with Crippen LogP contribution in [0, 0.1) is 6.92 Å². The number of hydrogen-bond donors (Lipinski definition) is 1. The second-order valence-electron chi connectivity index (χ2n) is 4.12. The molecule has 19 heavy (non-hydrogen) atoms. The molecule has 0 bridgehead atoms. The summed E-state index contributed by atoms with van der Waals surface area (Å²) in [6.07, 6.45) is -2.77. The van der Waals surface area contributed by atoms with E-state index in [2.05, 4.69) is 10.3 Å². The molecule has 3 nitrogen and oxygen atoms in total. The van der Waals surface area contributed by atoms with E-state index in [0.29, 0.717) is 18.2 Å². The highest BCUT2D eigenvalue weighted by Crippen LogP contribution is 2.31. The number of hydrogen-bond acceptors (Lipinski definition) is 3. The fourth-order valence-corrected chi connectivity index (χ4v) is 1.74. The number of halogens is 3. The third-order valence-electron chi connectivity index (χ3n) is 2.58. The van der Waals surface area contributed by atoms with Crippen LogP contribution in [0.4, 0.5) is 13.2 Å². The van der Waals surface area contributed by atoms with Crippen LogP contribution in [-0.4, -0.2) is 4.98 Å². The Bertz CT molecular complexity index is 549. The van der Waals surface area contributed by atoms with E-state index in [1.54, 1.807) is 19.2 Å². The summed E-state index contributed by atoms with van der Waals surface area (Å²) in [5.74, 6) is 1.13. The number of aromatic nitrogens is 1. The summed E-state index contributed by atoms with van der Waals surface area (Å²) in [4.78, 5) is 3.97. The van der Waals surface area contributed by atoms with Gasteiger partial charge in [0.25, 0.3) is 0 Å². The highest BCUT2D eigenvalue weighted by molar-refractivity contribution is 5.29. The van der Waals surface area contributed by atoms with E-state index in [1.165, 1.54) is 12.1 Å². The molecule has 1 N–H and O–H groups in total. The summed E-state index contributed by atoms with van der Waals surface area (Å²) in [5.41, 5.74) is -0.413. The van der Waals surface area contributed by atoms with Gasteiger partial charge in [0.15, 0.2) is 0 Å². The van der Waals surface area contributed by atoms with Gasteiger partial charge in [-0.05, 0) is 18.6 Å². The standard InChI is InChI=1S/C13H13F3N2O/c1-9-6-18-12(19-9)8-17-7-10-4-2-3-5-11(10)13(14,15)16/h2-6,17H,7-8H2,1H3. The number of rotatable bonds is 4. The number of alkyl halides is 3. The van der Waals surface area contributed by atoms with Crippen molar-refractivity contribution in [3.63, 3.8) is 0 Å². The average Bonchev–Trinajstić information content (AvgIpc) is 2.74. The van der Waals surface area contributed by atoms with Gasteiger partial charge in [-0.25, -0.2) is 4.98 Å². The van der Waals surface area contributed by atoms with Crippen LogP contribution >= 0.6 is 0 Å². The molecule has 0 spiro atoms. The van der Waals surface area contributed by atoms with Crippen molar-refractivity contribution in [3.05, 3.63) is 53.2 Å². The van der Waals surface area contributed by atoms with Gasteiger partial charge in [-0.1, -0.05) is 18.2 Å². The summed E-state index contributed by atoms with van der Waals surface area (Å²) < 4.78 is 43.5. The van der Waals surface area contributed by atoms with Crippen LogP contribution in [0.15, 0.2) is 34.9 Å². The van der Waals surface area contributed by atoms with Gasteiger partial charge < -0.3 is 9.73 Å². The van der Waals surface area contributed by atoms with Crippen molar-refractivity contribution >= 4 is 0 Å². The highest BCUT2D eigenvalue weighted by atomic mass is 19.4. The van der Waals surface area contributed by atoms with Gasteiger partial charge in [0, 0.05) is 6.54 Å². The molecule has 6 heteroatoms. The first-order valence-corrected chi connectivity index (χ1v) is 5.74. The number of nitrogens with zero attached hydrogens (tertiary/aromatic N) is 1. The minimum absolute atomic E-state index is 0.108. The maximum Gasteiger partial charge on any atom is 0.416 e. The SMILES string of the molecule is Cc1cnc(CNCc2ccccc2C(F)(F)F)o1. The second-order valence-corrected chi connectivity index (χ2v) is 4.12. The summed E-state index contributed by atoms with van der Waals surface area (Å²) >= 11 is 0. The van der Waals surface area contributed by atoms with Crippen molar-refractivity contribution in [2.45, 2.75) is 26.2 Å². The van der Waals surface area contributed by atoms with Gasteiger partial charge in [0.2, 0.25) is 5.89 Å². The minimum Gasteiger partial charge on any atom is -0.445 e. The largest absolute Gasteiger partial charge is 0.445 e. The van der Waals surface area contributed by atoms with Crippen LogP contribution in [0.3, 0.4) is 0 Å². The number of nitrogens with one attached hydrogen (secondary N) is 1. The number of aryl methyl sites for hydroxylation is 1. The topological polar surface area (TPSA) is 38.1 Å². The predicted molar refractivity (Wildman–Crippen MR) is 63.2 cm³/mol. The van der Waals surface area contributed by atoms with E-state index in [0.717, 1.165) is 6.07 Å². The number of benzene rings is 1.